The molecule has 0 fully saturated rings. The number of hydrogen-bond donors (Lipinski definition) is 1. The summed E-state index contributed by atoms with van der Waals surface area (Å²) in [5.74, 6) is 0.116. The molecule has 1 amide bonds. The molecule has 98 valence electrons. The maximum Gasteiger partial charge on any atom is 0.246 e. The Hall–Kier alpha value is -1.55. The smallest absolute Gasteiger partial charge is 0.246 e. The minimum Gasteiger partial charge on any atom is -0.371 e. The van der Waals surface area contributed by atoms with Gasteiger partial charge in [0.05, 0.1) is 16.9 Å². The van der Waals surface area contributed by atoms with Gasteiger partial charge in [0.1, 0.15) is 0 Å². The first-order valence-corrected chi connectivity index (χ1v) is 6.28. The summed E-state index contributed by atoms with van der Waals surface area (Å²) in [5.41, 5.74) is 1.58. The van der Waals surface area contributed by atoms with Crippen LogP contribution in [0.5, 0.6) is 0 Å². The highest BCUT2D eigenvalue weighted by molar-refractivity contribution is 6.02. The molecule has 1 N–H and O–H groups in total. The van der Waals surface area contributed by atoms with Crippen molar-refractivity contribution in [2.24, 2.45) is 0 Å². The van der Waals surface area contributed by atoms with E-state index in [4.69, 9.17) is 0 Å². The second kappa shape index (κ2) is 4.61. The Morgan fingerprint density at radius 2 is 1.83 bits per heavy atom. The van der Waals surface area contributed by atoms with Crippen molar-refractivity contribution >= 4 is 17.3 Å². The van der Waals surface area contributed by atoms with Crippen LogP contribution in [-0.2, 0) is 4.79 Å². The monoisotopic (exact) mass is 247 g/mol. The van der Waals surface area contributed by atoms with E-state index in [-0.39, 0.29) is 5.91 Å². The van der Waals surface area contributed by atoms with Crippen LogP contribution in [-0.4, -0.2) is 38.6 Å². The van der Waals surface area contributed by atoms with Crippen LogP contribution < -0.4 is 15.1 Å². The van der Waals surface area contributed by atoms with Crippen molar-refractivity contribution in [3.63, 3.8) is 0 Å². The van der Waals surface area contributed by atoms with Gasteiger partial charge in [-0.15, -0.1) is 0 Å². The molecule has 0 saturated heterocycles. The minimum absolute atomic E-state index is 0.116. The molecule has 0 radical (unpaired) electrons. The molecule has 4 nitrogen and oxygen atoms in total. The van der Waals surface area contributed by atoms with E-state index in [9.17, 15) is 4.79 Å². The number of likely N-dealkylation sites (N-methyl/N-ethyl adjacent to an activating group) is 2. The van der Waals surface area contributed by atoms with Crippen molar-refractivity contribution in [2.45, 2.75) is 19.4 Å². The summed E-state index contributed by atoms with van der Waals surface area (Å²) >= 11 is 0. The van der Waals surface area contributed by atoms with Crippen molar-refractivity contribution in [1.82, 2.24) is 5.32 Å². The van der Waals surface area contributed by atoms with Gasteiger partial charge in [-0.3, -0.25) is 4.79 Å². The molecule has 0 spiro atoms. The third kappa shape index (κ3) is 2.08. The molecule has 0 saturated carbocycles. The van der Waals surface area contributed by atoms with Crippen LogP contribution in [0.25, 0.3) is 0 Å². The predicted molar refractivity (Wildman–Crippen MR) is 75.2 cm³/mol. The largest absolute Gasteiger partial charge is 0.371 e. The summed E-state index contributed by atoms with van der Waals surface area (Å²) in [6.07, 6.45) is 0. The van der Waals surface area contributed by atoms with Crippen molar-refractivity contribution in [1.29, 1.82) is 0 Å². The highest BCUT2D eigenvalue weighted by Gasteiger charge is 2.34. The Bertz CT molecular complexity index is 456. The van der Waals surface area contributed by atoms with Gasteiger partial charge in [-0.25, -0.2) is 0 Å². The molecule has 1 aliphatic rings. The molecular formula is C14H21N3O. The summed E-state index contributed by atoms with van der Waals surface area (Å²) in [4.78, 5) is 16.6. The number of benzene rings is 1. The van der Waals surface area contributed by atoms with E-state index in [0.717, 1.165) is 24.5 Å². The lowest BCUT2D eigenvalue weighted by molar-refractivity contribution is -0.123. The van der Waals surface area contributed by atoms with Crippen molar-refractivity contribution in [2.75, 3.05) is 37.0 Å². The zero-order chi connectivity index (χ0) is 13.3. The first-order valence-electron chi connectivity index (χ1n) is 6.28. The molecule has 1 aliphatic heterocycles. The fourth-order valence-electron chi connectivity index (χ4n) is 2.16. The maximum atomic E-state index is 12.6. The van der Waals surface area contributed by atoms with E-state index >= 15 is 0 Å². The first kappa shape index (κ1) is 12.9. The third-order valence-electron chi connectivity index (χ3n) is 3.65. The zero-order valence-electron chi connectivity index (χ0n) is 11.5. The molecule has 0 aromatic heterocycles. The number of hydrogen-bond acceptors (Lipinski definition) is 3. The number of rotatable bonds is 2. The van der Waals surface area contributed by atoms with Crippen molar-refractivity contribution in [3.8, 4) is 0 Å². The lowest BCUT2D eigenvalue weighted by atomic mass is 10.0. The van der Waals surface area contributed by atoms with Gasteiger partial charge in [-0.2, -0.15) is 0 Å². The number of nitrogens with zero attached hydrogens (tertiary/aromatic N) is 2. The summed E-state index contributed by atoms with van der Waals surface area (Å²) < 4.78 is 0. The Morgan fingerprint density at radius 1 is 1.22 bits per heavy atom. The summed E-state index contributed by atoms with van der Waals surface area (Å²) in [5, 5.41) is 3.08. The van der Waals surface area contributed by atoms with E-state index in [1.54, 1.807) is 0 Å². The Balaban J connectivity index is 2.38. The van der Waals surface area contributed by atoms with Gasteiger partial charge in [0.2, 0.25) is 5.91 Å². The Kier molecular flexibility index (Phi) is 3.30. The van der Waals surface area contributed by atoms with Crippen LogP contribution in [0.15, 0.2) is 24.3 Å². The van der Waals surface area contributed by atoms with E-state index in [2.05, 4.69) is 23.3 Å². The Morgan fingerprint density at radius 3 is 2.44 bits per heavy atom. The van der Waals surface area contributed by atoms with E-state index in [1.165, 1.54) is 0 Å². The van der Waals surface area contributed by atoms with Gasteiger partial charge in [0, 0.05) is 20.1 Å². The minimum atomic E-state index is -0.539. The van der Waals surface area contributed by atoms with Crippen LogP contribution >= 0.6 is 0 Å². The number of anilines is 2. The van der Waals surface area contributed by atoms with Crippen molar-refractivity contribution < 1.29 is 4.79 Å². The standard InChI is InChI=1S/C14H21N3O/c1-14(2,15-3)13(18)17-10-9-16(4)11-7-5-6-8-12(11)17/h5-8,15H,9-10H2,1-4H3. The second-order valence-corrected chi connectivity index (χ2v) is 5.24. The van der Waals surface area contributed by atoms with Crippen LogP contribution in [0.2, 0.25) is 0 Å². The van der Waals surface area contributed by atoms with Gasteiger partial charge in [-0.05, 0) is 33.0 Å². The molecule has 2 rings (SSSR count). The zero-order valence-corrected chi connectivity index (χ0v) is 11.5. The van der Waals surface area contributed by atoms with Crippen LogP contribution in [0, 0.1) is 0 Å². The summed E-state index contributed by atoms with van der Waals surface area (Å²) in [7, 11) is 3.88. The quantitative estimate of drug-likeness (QED) is 0.859. The number of amides is 1. The molecule has 0 atom stereocenters. The molecule has 0 unspecified atom stereocenters. The summed E-state index contributed by atoms with van der Waals surface area (Å²) in [6, 6.07) is 8.05. The number of nitrogens with one attached hydrogen (secondary N) is 1. The van der Waals surface area contributed by atoms with Crippen LogP contribution in [0.4, 0.5) is 11.4 Å². The molecule has 1 aromatic rings. The molecule has 0 aliphatic carbocycles. The third-order valence-corrected chi connectivity index (χ3v) is 3.65. The topological polar surface area (TPSA) is 35.6 Å². The fraction of sp³-hybridized carbons (Fsp3) is 0.500. The highest BCUT2D eigenvalue weighted by atomic mass is 16.2. The van der Waals surface area contributed by atoms with E-state index in [0.29, 0.717) is 0 Å². The molecule has 0 bridgehead atoms. The summed E-state index contributed by atoms with van der Waals surface area (Å²) in [6.45, 7) is 5.42. The molecular weight excluding hydrogens is 226 g/mol. The van der Waals surface area contributed by atoms with Gasteiger partial charge in [0.25, 0.3) is 0 Å². The SMILES string of the molecule is CNC(C)(C)C(=O)N1CCN(C)c2ccccc21. The normalized spacial score (nSPS) is 15.6. The lowest BCUT2D eigenvalue weighted by Crippen LogP contribution is -2.55. The van der Waals surface area contributed by atoms with Gasteiger partial charge >= 0.3 is 0 Å². The number of carbonyl (C=O) groups is 1. The van der Waals surface area contributed by atoms with Crippen molar-refractivity contribution in [3.05, 3.63) is 24.3 Å². The van der Waals surface area contributed by atoms with Gasteiger partial charge < -0.3 is 15.1 Å². The van der Waals surface area contributed by atoms with Crippen LogP contribution in [0.3, 0.4) is 0 Å². The second-order valence-electron chi connectivity index (χ2n) is 5.24. The lowest BCUT2D eigenvalue weighted by Gasteiger charge is -2.39. The predicted octanol–water partition coefficient (Wildman–Crippen LogP) is 1.47. The fourth-order valence-corrected chi connectivity index (χ4v) is 2.16. The number of fused-ring (bicyclic) bond motifs is 1. The molecule has 1 aromatic carbocycles. The first-order chi connectivity index (χ1) is 8.47. The number of para-hydroxylation sites is 2. The van der Waals surface area contributed by atoms with E-state index < -0.39 is 5.54 Å². The highest BCUT2D eigenvalue weighted by Crippen LogP contribution is 2.32. The number of carbonyl (C=O) groups excluding carboxylic acids is 1. The van der Waals surface area contributed by atoms with Gasteiger partial charge in [-0.1, -0.05) is 12.1 Å². The molecule has 18 heavy (non-hydrogen) atoms. The van der Waals surface area contributed by atoms with Crippen LogP contribution in [0.1, 0.15) is 13.8 Å². The van der Waals surface area contributed by atoms with E-state index in [1.807, 2.05) is 44.0 Å². The maximum absolute atomic E-state index is 12.6. The van der Waals surface area contributed by atoms with Gasteiger partial charge in [0.15, 0.2) is 0 Å². The molecule has 1 heterocycles. The average molecular weight is 247 g/mol. The average Bonchev–Trinajstić information content (AvgIpc) is 2.39. The Labute approximate surface area is 109 Å². The molecule has 4 heteroatoms.